The van der Waals surface area contributed by atoms with Crippen LogP contribution in [0.5, 0.6) is 0 Å². The summed E-state index contributed by atoms with van der Waals surface area (Å²) in [7, 11) is 0. The second-order valence-electron chi connectivity index (χ2n) is 4.05. The topological polar surface area (TPSA) is 51.8 Å². The van der Waals surface area contributed by atoms with Gasteiger partial charge in [0.15, 0.2) is 0 Å². The molecule has 0 unspecified atom stereocenters. The van der Waals surface area contributed by atoms with Crippen LogP contribution in [0.4, 0.5) is 5.82 Å². The Balaban J connectivity index is 2.37. The minimum atomic E-state index is 0.424. The second kappa shape index (κ2) is 3.32. The average Bonchev–Trinajstić information content (AvgIpc) is 2.54. The normalized spacial score (nSPS) is 15.5. The van der Waals surface area contributed by atoms with E-state index in [1.54, 1.807) is 4.44 Å². The number of aromatic nitrogens is 2. The number of hydrogen-bond acceptors (Lipinski definition) is 3. The summed E-state index contributed by atoms with van der Waals surface area (Å²) >= 11 is 0.424. The van der Waals surface area contributed by atoms with Crippen molar-refractivity contribution < 1.29 is 0 Å². The van der Waals surface area contributed by atoms with Crippen LogP contribution >= 0.6 is 0 Å². The molecule has 0 spiro atoms. The molecule has 2 aromatic rings. The molecule has 15 heavy (non-hydrogen) atoms. The molecule has 1 aliphatic carbocycles. The van der Waals surface area contributed by atoms with E-state index in [2.05, 4.69) is 9.97 Å². The first-order valence-corrected chi connectivity index (χ1v) is 7.01. The van der Waals surface area contributed by atoms with Gasteiger partial charge in [-0.25, -0.2) is 0 Å². The van der Waals surface area contributed by atoms with Gasteiger partial charge in [-0.15, -0.1) is 0 Å². The zero-order valence-corrected chi connectivity index (χ0v) is 10.4. The molecule has 3 rings (SSSR count). The van der Waals surface area contributed by atoms with Crippen molar-refractivity contribution in [3.63, 3.8) is 0 Å². The number of nitrogens with two attached hydrogens (primary N) is 1. The van der Waals surface area contributed by atoms with Crippen molar-refractivity contribution in [2.75, 3.05) is 5.73 Å². The molecule has 0 radical (unpaired) electrons. The zero-order valence-electron chi connectivity index (χ0n) is 8.71. The molecule has 4 heteroatoms. The molecule has 0 saturated heterocycles. The van der Waals surface area contributed by atoms with Gasteiger partial charge < -0.3 is 0 Å². The second-order valence-corrected chi connectivity index (χ2v) is 6.32. The van der Waals surface area contributed by atoms with Crippen LogP contribution in [0.25, 0.3) is 9.78 Å². The molecule has 2 N–H and O–H groups in total. The number of rotatable bonds is 0. The molecule has 2 aromatic heterocycles. The molecule has 0 bridgehead atoms. The Morgan fingerprint density at radius 2 is 2.00 bits per heavy atom. The van der Waals surface area contributed by atoms with Crippen molar-refractivity contribution in [1.29, 1.82) is 0 Å². The maximum atomic E-state index is 6.00. The fourth-order valence-corrected chi connectivity index (χ4v) is 5.05. The first-order chi connectivity index (χ1) is 7.25. The van der Waals surface area contributed by atoms with Crippen molar-refractivity contribution in [3.05, 3.63) is 15.8 Å². The minimum absolute atomic E-state index is 0.424. The molecule has 0 aliphatic heterocycles. The summed E-state index contributed by atoms with van der Waals surface area (Å²) in [6.07, 6.45) is 5.06. The van der Waals surface area contributed by atoms with Crippen molar-refractivity contribution in [2.24, 2.45) is 0 Å². The average molecular weight is 266 g/mol. The van der Waals surface area contributed by atoms with E-state index < -0.39 is 0 Å². The van der Waals surface area contributed by atoms with Crippen LogP contribution in [0.15, 0.2) is 0 Å². The van der Waals surface area contributed by atoms with Gasteiger partial charge in [0.2, 0.25) is 0 Å². The Hall–Kier alpha value is -0.861. The van der Waals surface area contributed by atoms with Crippen LogP contribution in [-0.2, 0) is 12.8 Å². The molecule has 2 heterocycles. The quantitative estimate of drug-likeness (QED) is 0.734. The Morgan fingerprint density at radius 3 is 2.87 bits per heavy atom. The van der Waals surface area contributed by atoms with Gasteiger partial charge in [-0.1, -0.05) is 0 Å². The van der Waals surface area contributed by atoms with Crippen LogP contribution in [-0.4, -0.2) is 24.5 Å². The summed E-state index contributed by atoms with van der Waals surface area (Å²) in [6.45, 7) is 1.92. The summed E-state index contributed by atoms with van der Waals surface area (Å²) in [5, 5.41) is 1.19. The molecular weight excluding hydrogens is 253 g/mol. The van der Waals surface area contributed by atoms with Crippen molar-refractivity contribution in [2.45, 2.75) is 32.6 Å². The summed E-state index contributed by atoms with van der Waals surface area (Å²) < 4.78 is 2.84. The van der Waals surface area contributed by atoms with Crippen LogP contribution in [0.1, 0.15) is 28.7 Å². The Bertz CT molecular complexity index is 530. The van der Waals surface area contributed by atoms with Gasteiger partial charge in [0.1, 0.15) is 0 Å². The Kier molecular flexibility index (Phi) is 2.08. The number of aryl methyl sites for hydroxylation is 3. The number of hydrogen-bond donors (Lipinski definition) is 1. The van der Waals surface area contributed by atoms with Crippen LogP contribution < -0.4 is 5.73 Å². The number of anilines is 1. The molecule has 0 saturated carbocycles. The summed E-state index contributed by atoms with van der Waals surface area (Å²) in [5.41, 5.74) is 7.48. The molecular formula is C11H13N3Se. The van der Waals surface area contributed by atoms with Crippen molar-refractivity contribution in [1.82, 2.24) is 9.97 Å². The number of fused-ring (bicyclic) bond motifs is 3. The van der Waals surface area contributed by atoms with Crippen LogP contribution in [0.2, 0.25) is 0 Å². The van der Waals surface area contributed by atoms with Crippen LogP contribution in [0, 0.1) is 6.92 Å². The third kappa shape index (κ3) is 1.40. The molecule has 1 aliphatic rings. The SMILES string of the molecule is Cc1nc(N)c2c3c([se]c2n1)CCCC3. The van der Waals surface area contributed by atoms with E-state index in [0.717, 1.165) is 5.82 Å². The van der Waals surface area contributed by atoms with Gasteiger partial charge in [-0.3, -0.25) is 0 Å². The predicted molar refractivity (Wildman–Crippen MR) is 62.3 cm³/mol. The van der Waals surface area contributed by atoms with E-state index in [1.807, 2.05) is 6.92 Å². The van der Waals surface area contributed by atoms with Gasteiger partial charge in [0.05, 0.1) is 0 Å². The molecule has 3 nitrogen and oxygen atoms in total. The predicted octanol–water partition coefficient (Wildman–Crippen LogP) is 1.46. The first-order valence-electron chi connectivity index (χ1n) is 5.30. The number of nitrogen functional groups attached to an aromatic ring is 1. The van der Waals surface area contributed by atoms with E-state index in [-0.39, 0.29) is 0 Å². The fourth-order valence-electron chi connectivity index (χ4n) is 2.30. The van der Waals surface area contributed by atoms with Gasteiger partial charge >= 0.3 is 94.2 Å². The molecule has 0 fully saturated rings. The third-order valence-electron chi connectivity index (χ3n) is 2.95. The first kappa shape index (κ1) is 9.37. The van der Waals surface area contributed by atoms with Gasteiger partial charge in [-0.2, -0.15) is 0 Å². The van der Waals surface area contributed by atoms with Crippen molar-refractivity contribution >= 4 is 30.1 Å². The van der Waals surface area contributed by atoms with E-state index in [4.69, 9.17) is 5.73 Å². The summed E-state index contributed by atoms with van der Waals surface area (Å²) in [5.74, 6) is 1.51. The van der Waals surface area contributed by atoms with E-state index >= 15 is 0 Å². The van der Waals surface area contributed by atoms with Crippen molar-refractivity contribution in [3.8, 4) is 0 Å². The standard InChI is InChI=1S/C11H13N3Se/c1-6-13-10(12)9-7-4-2-3-5-8(7)15-11(9)14-6/h2-5H2,1H3,(H2,12,13,14). The molecule has 0 amide bonds. The number of nitrogens with zero attached hydrogens (tertiary/aromatic N) is 2. The van der Waals surface area contributed by atoms with E-state index in [0.29, 0.717) is 20.3 Å². The molecule has 78 valence electrons. The van der Waals surface area contributed by atoms with Gasteiger partial charge in [-0.05, 0) is 0 Å². The monoisotopic (exact) mass is 267 g/mol. The van der Waals surface area contributed by atoms with Gasteiger partial charge in [0, 0.05) is 0 Å². The Morgan fingerprint density at radius 1 is 1.20 bits per heavy atom. The summed E-state index contributed by atoms with van der Waals surface area (Å²) in [6, 6.07) is 0. The third-order valence-corrected chi connectivity index (χ3v) is 5.44. The van der Waals surface area contributed by atoms with Crippen LogP contribution in [0.3, 0.4) is 0 Å². The maximum absolute atomic E-state index is 6.00. The fraction of sp³-hybridized carbons (Fsp3) is 0.455. The zero-order chi connectivity index (χ0) is 10.4. The Labute approximate surface area is 94.5 Å². The van der Waals surface area contributed by atoms with E-state index in [9.17, 15) is 0 Å². The molecule has 0 atom stereocenters. The summed E-state index contributed by atoms with van der Waals surface area (Å²) in [4.78, 5) is 8.81. The molecule has 0 aromatic carbocycles. The van der Waals surface area contributed by atoms with Gasteiger partial charge in [0.25, 0.3) is 0 Å². The van der Waals surface area contributed by atoms with E-state index in [1.165, 1.54) is 41.0 Å².